The van der Waals surface area contributed by atoms with Gasteiger partial charge >= 0.3 is 12.2 Å². The smallest absolute Gasteiger partial charge is 0.419 e. The molecule has 0 atom stereocenters. The molecule has 1 aromatic carbocycles. The number of nitrogens with zero attached hydrogens (tertiary/aromatic N) is 3. The van der Waals surface area contributed by atoms with E-state index in [9.17, 15) is 13.2 Å². The van der Waals surface area contributed by atoms with E-state index in [-0.39, 0.29) is 39.4 Å². The molecule has 2 aliphatic heterocycles. The zero-order chi connectivity index (χ0) is 21.4. The molecule has 0 amide bonds. The molecule has 2 aromatic heterocycles. The molecule has 0 radical (unpaired) electrons. The lowest BCUT2D eigenvalue weighted by atomic mass is 10.1. The van der Waals surface area contributed by atoms with Gasteiger partial charge in [-0.05, 0) is 37.3 Å². The van der Waals surface area contributed by atoms with Crippen LogP contribution in [0.2, 0.25) is 0 Å². The van der Waals surface area contributed by atoms with Crippen LogP contribution in [0.25, 0.3) is 10.9 Å². The number of hydrogen-bond donors (Lipinski definition) is 1. The quantitative estimate of drug-likeness (QED) is 0.559. The van der Waals surface area contributed by atoms with Gasteiger partial charge in [-0.25, -0.2) is 0 Å². The first kappa shape index (κ1) is 20.2. The molecule has 0 unspecified atom stereocenters. The van der Waals surface area contributed by atoms with E-state index in [1.54, 1.807) is 12.3 Å². The highest BCUT2D eigenvalue weighted by molar-refractivity contribution is 7.65. The summed E-state index contributed by atoms with van der Waals surface area (Å²) in [7, 11) is -0.277. The number of para-hydroxylation sites is 1. The Labute approximate surface area is 178 Å². The maximum absolute atomic E-state index is 13.5. The number of ether oxygens (including phenoxy) is 2. The van der Waals surface area contributed by atoms with Crippen molar-refractivity contribution in [2.75, 3.05) is 30.9 Å². The Morgan fingerprint density at radius 1 is 1.03 bits per heavy atom. The van der Waals surface area contributed by atoms with Crippen molar-refractivity contribution in [1.29, 1.82) is 0 Å². The first-order chi connectivity index (χ1) is 15.0. The van der Waals surface area contributed by atoms with Crippen LogP contribution in [0.5, 0.6) is 11.8 Å². The van der Waals surface area contributed by atoms with Crippen LogP contribution >= 0.6 is 7.92 Å². The van der Waals surface area contributed by atoms with E-state index in [2.05, 4.69) is 20.3 Å². The summed E-state index contributed by atoms with van der Waals surface area (Å²) in [5, 5.41) is 3.97. The molecular weight excluding hydrogens is 428 g/mol. The summed E-state index contributed by atoms with van der Waals surface area (Å²) in [6, 6.07) is 6.19. The van der Waals surface area contributed by atoms with E-state index in [1.165, 1.54) is 31.2 Å². The number of aromatic nitrogens is 3. The average molecular weight is 448 g/mol. The van der Waals surface area contributed by atoms with Crippen LogP contribution in [0, 0.1) is 0 Å². The zero-order valence-corrected chi connectivity index (χ0v) is 17.5. The van der Waals surface area contributed by atoms with E-state index in [0.29, 0.717) is 16.9 Å². The number of nitrogens with one attached hydrogen (secondary N) is 1. The summed E-state index contributed by atoms with van der Waals surface area (Å²) < 4.78 is 51.5. The van der Waals surface area contributed by atoms with Gasteiger partial charge < -0.3 is 14.8 Å². The molecule has 1 saturated heterocycles. The first-order valence-electron chi connectivity index (χ1n) is 10.1. The highest BCUT2D eigenvalue weighted by Crippen LogP contribution is 2.42. The minimum Gasteiger partial charge on any atom is -0.489 e. The molecule has 0 spiro atoms. The Morgan fingerprint density at radius 2 is 1.84 bits per heavy atom. The largest absolute Gasteiger partial charge is 0.489 e. The second-order valence-corrected chi connectivity index (χ2v) is 9.88. The molecule has 10 heteroatoms. The molecule has 6 nitrogen and oxygen atoms in total. The zero-order valence-electron chi connectivity index (χ0n) is 16.6. The molecular formula is C21H20F3N4O2P. The molecule has 0 aliphatic carbocycles. The third-order valence-electron chi connectivity index (χ3n) is 5.39. The van der Waals surface area contributed by atoms with Crippen LogP contribution in [-0.2, 0) is 12.7 Å². The van der Waals surface area contributed by atoms with Crippen LogP contribution in [-0.4, -0.2) is 40.5 Å². The Hall–Kier alpha value is -2.67. The second-order valence-electron chi connectivity index (χ2n) is 7.45. The summed E-state index contributed by atoms with van der Waals surface area (Å²) in [6.07, 6.45) is 2.00. The summed E-state index contributed by atoms with van der Waals surface area (Å²) >= 11 is 0. The molecule has 0 saturated carbocycles. The van der Waals surface area contributed by atoms with Gasteiger partial charge in [0.25, 0.3) is 0 Å². The van der Waals surface area contributed by atoms with E-state index < -0.39 is 11.7 Å². The molecule has 162 valence electrons. The van der Waals surface area contributed by atoms with Crippen LogP contribution in [0.1, 0.15) is 24.0 Å². The van der Waals surface area contributed by atoms with Crippen LogP contribution < -0.4 is 20.2 Å². The number of pyridine rings is 1. The number of anilines is 1. The minimum absolute atomic E-state index is 0.0212. The Bertz CT molecular complexity index is 1120. The third kappa shape index (κ3) is 4.11. The van der Waals surface area contributed by atoms with Crippen LogP contribution in [0.15, 0.2) is 30.5 Å². The van der Waals surface area contributed by atoms with Gasteiger partial charge in [0, 0.05) is 17.5 Å². The standard InChI is InChI=1S/C21H20F3N4O2P/c22-21(23,24)15-5-3-4-13-11-26-19-14-10-17(31-8-1-2-9-31)25-12-16(14)27-20(28-19)30-7-6-29-18(13)15/h3-5,10,12H,1-2,6-9,11H2,(H,26,27,28). The van der Waals surface area contributed by atoms with Gasteiger partial charge in [-0.3, -0.25) is 4.98 Å². The highest BCUT2D eigenvalue weighted by Gasteiger charge is 2.35. The maximum atomic E-state index is 13.5. The van der Waals surface area contributed by atoms with Crippen molar-refractivity contribution in [1.82, 2.24) is 15.0 Å². The SMILES string of the molecule is FC(F)(F)c1cccc2c1OCCOc1nc(c3cc(P4CCCC4)ncc3n1)NC2. The third-order valence-corrected chi connectivity index (χ3v) is 7.99. The van der Waals surface area contributed by atoms with Crippen molar-refractivity contribution < 1.29 is 22.6 Å². The average Bonchev–Trinajstić information content (AvgIpc) is 3.28. The fraction of sp³-hybridized carbons (Fsp3) is 0.381. The van der Waals surface area contributed by atoms with Crippen molar-refractivity contribution in [3.63, 3.8) is 0 Å². The molecule has 5 rings (SSSR count). The monoisotopic (exact) mass is 448 g/mol. The number of alkyl halides is 3. The second kappa shape index (κ2) is 8.11. The number of benzene rings is 1. The van der Waals surface area contributed by atoms with E-state index in [1.807, 2.05) is 6.07 Å². The van der Waals surface area contributed by atoms with Gasteiger partial charge in [-0.15, -0.1) is 0 Å². The highest BCUT2D eigenvalue weighted by atomic mass is 31.1. The number of rotatable bonds is 1. The normalized spacial score (nSPS) is 17.3. The van der Waals surface area contributed by atoms with Gasteiger partial charge in [-0.1, -0.05) is 20.1 Å². The number of fused-ring (bicyclic) bond motifs is 5. The molecule has 3 aromatic rings. The lowest BCUT2D eigenvalue weighted by molar-refractivity contribution is -0.139. The van der Waals surface area contributed by atoms with Crippen molar-refractivity contribution in [2.24, 2.45) is 0 Å². The van der Waals surface area contributed by atoms with Gasteiger partial charge in [0.15, 0.2) is 0 Å². The van der Waals surface area contributed by atoms with Crippen molar-refractivity contribution in [3.8, 4) is 11.8 Å². The topological polar surface area (TPSA) is 69.2 Å². The van der Waals surface area contributed by atoms with Crippen molar-refractivity contribution >= 4 is 30.1 Å². The van der Waals surface area contributed by atoms with Crippen molar-refractivity contribution in [3.05, 3.63) is 41.6 Å². The predicted molar refractivity (Wildman–Crippen MR) is 113 cm³/mol. The minimum atomic E-state index is -4.51. The fourth-order valence-corrected chi connectivity index (χ4v) is 6.32. The van der Waals surface area contributed by atoms with Gasteiger partial charge in [0.05, 0.1) is 22.7 Å². The van der Waals surface area contributed by atoms with Gasteiger partial charge in [-0.2, -0.15) is 23.1 Å². The molecule has 2 aliphatic rings. The fourth-order valence-electron chi connectivity index (χ4n) is 3.89. The lowest BCUT2D eigenvalue weighted by Crippen LogP contribution is -2.15. The van der Waals surface area contributed by atoms with E-state index >= 15 is 0 Å². The Kier molecular flexibility index (Phi) is 5.30. The molecule has 1 fully saturated rings. The number of halogens is 3. The Balaban J connectivity index is 1.56. The molecule has 2 bridgehead atoms. The van der Waals surface area contributed by atoms with E-state index in [4.69, 9.17) is 9.47 Å². The van der Waals surface area contributed by atoms with Gasteiger partial charge in [0.2, 0.25) is 0 Å². The molecule has 31 heavy (non-hydrogen) atoms. The Morgan fingerprint density at radius 3 is 2.65 bits per heavy atom. The van der Waals surface area contributed by atoms with Crippen LogP contribution in [0.4, 0.5) is 19.0 Å². The summed E-state index contributed by atoms with van der Waals surface area (Å²) in [6.45, 7) is 0.0862. The first-order valence-corrected chi connectivity index (χ1v) is 11.8. The molecule has 4 heterocycles. The summed E-state index contributed by atoms with van der Waals surface area (Å²) in [5.74, 6) is 0.332. The van der Waals surface area contributed by atoms with E-state index in [0.717, 1.165) is 16.9 Å². The maximum Gasteiger partial charge on any atom is 0.419 e. The van der Waals surface area contributed by atoms with Crippen LogP contribution in [0.3, 0.4) is 0 Å². The summed E-state index contributed by atoms with van der Waals surface area (Å²) in [4.78, 5) is 13.5. The molecule has 1 N–H and O–H groups in total. The number of hydrogen-bond acceptors (Lipinski definition) is 6. The van der Waals surface area contributed by atoms with Crippen molar-refractivity contribution in [2.45, 2.75) is 25.6 Å². The predicted octanol–water partition coefficient (Wildman–Crippen LogP) is 4.33. The lowest BCUT2D eigenvalue weighted by Gasteiger charge is -2.17. The van der Waals surface area contributed by atoms with Gasteiger partial charge in [0.1, 0.15) is 24.8 Å². The summed E-state index contributed by atoms with van der Waals surface area (Å²) in [5.41, 5.74) is 1.30.